The monoisotopic (exact) mass is 514 g/mol. The van der Waals surface area contributed by atoms with Gasteiger partial charge in [0.1, 0.15) is 0 Å². The molecule has 6 nitrogen and oxygen atoms in total. The zero-order chi connectivity index (χ0) is 26.5. The molecule has 0 bridgehead atoms. The highest BCUT2D eigenvalue weighted by Crippen LogP contribution is 2.36. The van der Waals surface area contributed by atoms with Crippen LogP contribution in [-0.2, 0) is 0 Å². The molecule has 40 heavy (non-hydrogen) atoms. The lowest BCUT2D eigenvalue weighted by Crippen LogP contribution is -2.06. The van der Waals surface area contributed by atoms with E-state index in [1.807, 2.05) is 79.0 Å². The van der Waals surface area contributed by atoms with Gasteiger partial charge in [0.15, 0.2) is 11.6 Å². The first kappa shape index (κ1) is 22.4. The van der Waals surface area contributed by atoms with E-state index >= 15 is 0 Å². The van der Waals surface area contributed by atoms with E-state index in [1.54, 1.807) is 0 Å². The fraction of sp³-hybridized carbons (Fsp3) is 0. The van der Waals surface area contributed by atoms with Crippen LogP contribution in [0, 0.1) is 0 Å². The molecule has 0 N–H and O–H groups in total. The number of aromatic nitrogens is 6. The number of para-hydroxylation sites is 1. The molecule has 0 radical (unpaired) electrons. The summed E-state index contributed by atoms with van der Waals surface area (Å²) < 4.78 is 4.35. The lowest BCUT2D eigenvalue weighted by Gasteiger charge is -2.11. The van der Waals surface area contributed by atoms with Crippen LogP contribution in [0.1, 0.15) is 0 Å². The van der Waals surface area contributed by atoms with Crippen molar-refractivity contribution in [3.05, 3.63) is 134 Å². The van der Waals surface area contributed by atoms with E-state index in [4.69, 9.17) is 19.9 Å². The average molecular weight is 515 g/mol. The number of hydrogen-bond donors (Lipinski definition) is 0. The summed E-state index contributed by atoms with van der Waals surface area (Å²) in [5.74, 6) is 1.80. The van der Waals surface area contributed by atoms with Gasteiger partial charge in [0.25, 0.3) is 0 Å². The molecule has 0 amide bonds. The molecule has 0 spiro atoms. The molecule has 0 unspecified atom stereocenters. The minimum Gasteiger partial charge on any atom is -0.316 e. The molecule has 0 fully saturated rings. The third-order valence-corrected chi connectivity index (χ3v) is 7.27. The normalized spacial score (nSPS) is 11.5. The molecule has 4 heterocycles. The first-order valence-electron chi connectivity index (χ1n) is 13.2. The number of rotatable bonds is 4. The van der Waals surface area contributed by atoms with Crippen LogP contribution < -0.4 is 0 Å². The summed E-state index contributed by atoms with van der Waals surface area (Å²) in [5, 5.41) is 2.15. The van der Waals surface area contributed by atoms with Gasteiger partial charge in [0, 0.05) is 40.0 Å². The molecule has 0 saturated carbocycles. The summed E-state index contributed by atoms with van der Waals surface area (Å²) in [6.07, 6.45) is 3.96. The standard InChI is InChI=1S/C34H22N6/c1-4-11-23(12-5-1)32-36-33(24-13-6-2-7-14-24)38-34(37-32)40-29-17-10-21-35-30(29)27-18-19-28-26(31(27)40)20-22-39(28)25-15-8-3-9-16-25/h1-22H. The lowest BCUT2D eigenvalue weighted by molar-refractivity contribution is 0.954. The Bertz CT molecular complexity index is 2090. The number of fused-ring (bicyclic) bond motifs is 5. The molecule has 6 heteroatoms. The highest BCUT2D eigenvalue weighted by molar-refractivity contribution is 6.17. The SMILES string of the molecule is c1ccc(-c2nc(-c3ccccc3)nc(-n3c4cccnc4c4ccc5c(ccn5-c5ccccc5)c43)n2)cc1. The number of pyridine rings is 1. The lowest BCUT2D eigenvalue weighted by atomic mass is 10.1. The Morgan fingerprint density at radius 1 is 0.500 bits per heavy atom. The highest BCUT2D eigenvalue weighted by atomic mass is 15.2. The van der Waals surface area contributed by atoms with E-state index in [0.717, 1.165) is 49.7 Å². The largest absolute Gasteiger partial charge is 0.316 e. The Morgan fingerprint density at radius 3 is 1.82 bits per heavy atom. The van der Waals surface area contributed by atoms with Crippen LogP contribution in [0.4, 0.5) is 0 Å². The van der Waals surface area contributed by atoms with E-state index < -0.39 is 0 Å². The van der Waals surface area contributed by atoms with Crippen molar-refractivity contribution in [2.45, 2.75) is 0 Å². The van der Waals surface area contributed by atoms with Crippen molar-refractivity contribution in [3.8, 4) is 34.4 Å². The van der Waals surface area contributed by atoms with Gasteiger partial charge in [-0.2, -0.15) is 9.97 Å². The predicted molar refractivity (Wildman–Crippen MR) is 160 cm³/mol. The van der Waals surface area contributed by atoms with Gasteiger partial charge in [-0.05, 0) is 42.5 Å². The zero-order valence-corrected chi connectivity index (χ0v) is 21.4. The summed E-state index contributed by atoms with van der Waals surface area (Å²) in [7, 11) is 0. The first-order valence-corrected chi connectivity index (χ1v) is 13.2. The molecule has 8 rings (SSSR count). The van der Waals surface area contributed by atoms with Crippen molar-refractivity contribution in [1.82, 2.24) is 29.1 Å². The number of hydrogen-bond acceptors (Lipinski definition) is 4. The maximum absolute atomic E-state index is 5.05. The number of nitrogens with zero attached hydrogens (tertiary/aromatic N) is 6. The Labute approximate surface area is 229 Å². The van der Waals surface area contributed by atoms with Gasteiger partial charge >= 0.3 is 0 Å². The van der Waals surface area contributed by atoms with Crippen LogP contribution in [0.15, 0.2) is 134 Å². The third kappa shape index (κ3) is 3.50. The van der Waals surface area contributed by atoms with Crippen molar-refractivity contribution < 1.29 is 0 Å². The van der Waals surface area contributed by atoms with Gasteiger partial charge in [-0.25, -0.2) is 4.98 Å². The minimum atomic E-state index is 0.556. The van der Waals surface area contributed by atoms with Gasteiger partial charge in [0.2, 0.25) is 5.95 Å². The molecular weight excluding hydrogens is 492 g/mol. The second-order valence-corrected chi connectivity index (χ2v) is 9.64. The molecule has 0 saturated heterocycles. The molecule has 0 atom stereocenters. The minimum absolute atomic E-state index is 0.556. The molecule has 0 aliphatic rings. The van der Waals surface area contributed by atoms with Crippen molar-refractivity contribution in [1.29, 1.82) is 0 Å². The smallest absolute Gasteiger partial charge is 0.238 e. The Balaban J connectivity index is 1.48. The van der Waals surface area contributed by atoms with Gasteiger partial charge in [-0.15, -0.1) is 0 Å². The van der Waals surface area contributed by atoms with Gasteiger partial charge in [0.05, 0.1) is 22.1 Å². The van der Waals surface area contributed by atoms with Crippen molar-refractivity contribution in [2.24, 2.45) is 0 Å². The van der Waals surface area contributed by atoms with Crippen molar-refractivity contribution in [2.75, 3.05) is 0 Å². The van der Waals surface area contributed by atoms with Crippen molar-refractivity contribution >= 4 is 32.8 Å². The molecule has 4 aromatic heterocycles. The third-order valence-electron chi connectivity index (χ3n) is 7.27. The highest BCUT2D eigenvalue weighted by Gasteiger charge is 2.21. The van der Waals surface area contributed by atoms with Crippen LogP contribution in [0.25, 0.3) is 67.3 Å². The van der Waals surface area contributed by atoms with E-state index in [9.17, 15) is 0 Å². The van der Waals surface area contributed by atoms with E-state index in [2.05, 4.69) is 63.9 Å². The fourth-order valence-electron chi connectivity index (χ4n) is 5.46. The summed E-state index contributed by atoms with van der Waals surface area (Å²) in [4.78, 5) is 19.8. The Hall–Kier alpha value is -5.62. The van der Waals surface area contributed by atoms with Crippen LogP contribution in [-0.4, -0.2) is 29.1 Å². The van der Waals surface area contributed by atoms with E-state index in [1.165, 1.54) is 0 Å². The van der Waals surface area contributed by atoms with Gasteiger partial charge in [-0.1, -0.05) is 78.9 Å². The van der Waals surface area contributed by atoms with E-state index in [0.29, 0.717) is 17.6 Å². The zero-order valence-electron chi connectivity index (χ0n) is 21.4. The molecular formula is C34H22N6. The molecule has 8 aromatic rings. The molecule has 188 valence electrons. The summed E-state index contributed by atoms with van der Waals surface area (Å²) in [6, 6.07) is 41.0. The van der Waals surface area contributed by atoms with Gasteiger partial charge in [-0.3, -0.25) is 9.55 Å². The van der Waals surface area contributed by atoms with Crippen LogP contribution in [0.2, 0.25) is 0 Å². The van der Waals surface area contributed by atoms with Crippen LogP contribution >= 0.6 is 0 Å². The van der Waals surface area contributed by atoms with Crippen LogP contribution in [0.5, 0.6) is 0 Å². The molecule has 0 aliphatic carbocycles. The quantitative estimate of drug-likeness (QED) is 0.242. The Morgan fingerprint density at radius 2 is 1.15 bits per heavy atom. The second kappa shape index (κ2) is 8.99. The summed E-state index contributed by atoms with van der Waals surface area (Å²) >= 11 is 0. The second-order valence-electron chi connectivity index (χ2n) is 9.64. The fourth-order valence-corrected chi connectivity index (χ4v) is 5.46. The average Bonchev–Trinajstić information content (AvgIpc) is 3.62. The molecule has 0 aliphatic heterocycles. The maximum atomic E-state index is 5.05. The topological polar surface area (TPSA) is 61.4 Å². The number of benzene rings is 4. The summed E-state index contributed by atoms with van der Waals surface area (Å²) in [6.45, 7) is 0. The first-order chi connectivity index (χ1) is 19.8. The van der Waals surface area contributed by atoms with Crippen molar-refractivity contribution in [3.63, 3.8) is 0 Å². The van der Waals surface area contributed by atoms with E-state index in [-0.39, 0.29) is 0 Å². The maximum Gasteiger partial charge on any atom is 0.238 e. The molecule has 4 aromatic carbocycles. The van der Waals surface area contributed by atoms with Crippen LogP contribution in [0.3, 0.4) is 0 Å². The summed E-state index contributed by atoms with van der Waals surface area (Å²) in [5.41, 5.74) is 6.95. The predicted octanol–water partition coefficient (Wildman–Crippen LogP) is 7.64. The van der Waals surface area contributed by atoms with Gasteiger partial charge < -0.3 is 4.57 Å². The Kier molecular flexibility index (Phi) is 5.03.